The fourth-order valence-electron chi connectivity index (χ4n) is 1.51. The maximum Gasteiger partial charge on any atom is 0.258 e. The van der Waals surface area contributed by atoms with Gasteiger partial charge in [0.15, 0.2) is 6.61 Å². The van der Waals surface area contributed by atoms with Crippen LogP contribution in [-0.4, -0.2) is 30.3 Å². The minimum atomic E-state index is -0.171. The highest BCUT2D eigenvalue weighted by atomic mass is 79.9. The lowest BCUT2D eigenvalue weighted by Crippen LogP contribution is -2.38. The summed E-state index contributed by atoms with van der Waals surface area (Å²) in [7, 11) is 0. The highest BCUT2D eigenvalue weighted by molar-refractivity contribution is 9.10. The monoisotopic (exact) mass is 315 g/mol. The van der Waals surface area contributed by atoms with Crippen molar-refractivity contribution in [2.75, 3.05) is 13.2 Å². The Kier molecular flexibility index (Phi) is 6.75. The lowest BCUT2D eigenvalue weighted by atomic mass is 10.1. The average Bonchev–Trinajstić information content (AvgIpc) is 2.36. The third kappa shape index (κ3) is 5.51. The molecule has 1 aromatic rings. The van der Waals surface area contributed by atoms with Crippen LogP contribution in [0.1, 0.15) is 19.8 Å². The van der Waals surface area contributed by atoms with Gasteiger partial charge in [0.25, 0.3) is 5.91 Å². The van der Waals surface area contributed by atoms with Gasteiger partial charge in [-0.05, 0) is 31.0 Å². The van der Waals surface area contributed by atoms with Crippen LogP contribution in [0.2, 0.25) is 0 Å². The number of halogens is 1. The van der Waals surface area contributed by atoms with Crippen LogP contribution in [0.4, 0.5) is 0 Å². The van der Waals surface area contributed by atoms with Gasteiger partial charge in [-0.25, -0.2) is 0 Å². The number of carbonyl (C=O) groups is 1. The summed E-state index contributed by atoms with van der Waals surface area (Å²) in [6.45, 7) is 2.03. The minimum Gasteiger partial charge on any atom is -0.484 e. The Balaban J connectivity index is 2.36. The highest BCUT2D eigenvalue weighted by Gasteiger charge is 2.10. The van der Waals surface area contributed by atoms with Crippen molar-refractivity contribution in [1.29, 1.82) is 0 Å². The van der Waals surface area contributed by atoms with Gasteiger partial charge in [0.1, 0.15) is 5.75 Å². The Morgan fingerprint density at radius 2 is 2.33 bits per heavy atom. The van der Waals surface area contributed by atoms with Crippen molar-refractivity contribution in [2.24, 2.45) is 0 Å². The fraction of sp³-hybridized carbons (Fsp3) is 0.462. The summed E-state index contributed by atoms with van der Waals surface area (Å²) >= 11 is 3.33. The van der Waals surface area contributed by atoms with Gasteiger partial charge in [0.05, 0.1) is 0 Å². The summed E-state index contributed by atoms with van der Waals surface area (Å²) in [6.07, 6.45) is 1.36. The van der Waals surface area contributed by atoms with E-state index in [1.807, 2.05) is 19.1 Å². The molecule has 18 heavy (non-hydrogen) atoms. The van der Waals surface area contributed by atoms with E-state index in [1.165, 1.54) is 0 Å². The number of nitrogens with one attached hydrogen (secondary N) is 1. The summed E-state index contributed by atoms with van der Waals surface area (Å²) in [5.74, 6) is 0.477. The summed E-state index contributed by atoms with van der Waals surface area (Å²) in [6, 6.07) is 7.34. The van der Waals surface area contributed by atoms with Gasteiger partial charge in [0, 0.05) is 17.1 Å². The predicted molar refractivity (Wildman–Crippen MR) is 73.6 cm³/mol. The van der Waals surface area contributed by atoms with E-state index < -0.39 is 0 Å². The maximum atomic E-state index is 11.6. The summed E-state index contributed by atoms with van der Waals surface area (Å²) < 4.78 is 6.28. The molecule has 1 aromatic carbocycles. The third-order valence-electron chi connectivity index (χ3n) is 2.50. The molecule has 0 heterocycles. The van der Waals surface area contributed by atoms with Crippen LogP contribution in [0, 0.1) is 0 Å². The van der Waals surface area contributed by atoms with Gasteiger partial charge in [-0.15, -0.1) is 0 Å². The van der Waals surface area contributed by atoms with Gasteiger partial charge in [0.2, 0.25) is 0 Å². The molecular formula is C13H18BrNO3. The van der Waals surface area contributed by atoms with Gasteiger partial charge in [-0.3, -0.25) is 4.79 Å². The molecule has 100 valence electrons. The van der Waals surface area contributed by atoms with E-state index in [9.17, 15) is 4.79 Å². The Morgan fingerprint density at radius 1 is 1.56 bits per heavy atom. The lowest BCUT2D eigenvalue weighted by molar-refractivity contribution is -0.123. The average molecular weight is 316 g/mol. The Hall–Kier alpha value is -1.07. The largest absolute Gasteiger partial charge is 0.484 e. The van der Waals surface area contributed by atoms with E-state index in [0.717, 1.165) is 10.9 Å². The number of benzene rings is 1. The normalized spacial score (nSPS) is 11.9. The first kappa shape index (κ1) is 15.0. The number of hydrogen-bond acceptors (Lipinski definition) is 3. The van der Waals surface area contributed by atoms with Crippen molar-refractivity contribution >= 4 is 21.8 Å². The molecular weight excluding hydrogens is 298 g/mol. The first-order valence-corrected chi connectivity index (χ1v) is 6.73. The summed E-state index contributed by atoms with van der Waals surface area (Å²) in [5, 5.41) is 11.6. The molecule has 4 nitrogen and oxygen atoms in total. The van der Waals surface area contributed by atoms with E-state index in [0.29, 0.717) is 12.2 Å². The van der Waals surface area contributed by atoms with Crippen molar-refractivity contribution in [1.82, 2.24) is 5.32 Å². The number of aliphatic hydroxyl groups is 1. The van der Waals surface area contributed by atoms with E-state index >= 15 is 0 Å². The topological polar surface area (TPSA) is 58.6 Å². The van der Waals surface area contributed by atoms with Gasteiger partial charge < -0.3 is 15.2 Å². The zero-order valence-corrected chi connectivity index (χ0v) is 11.9. The van der Waals surface area contributed by atoms with Gasteiger partial charge in [-0.1, -0.05) is 28.9 Å². The van der Waals surface area contributed by atoms with Crippen LogP contribution in [0.25, 0.3) is 0 Å². The first-order chi connectivity index (χ1) is 8.65. The van der Waals surface area contributed by atoms with E-state index in [4.69, 9.17) is 9.84 Å². The molecule has 0 radical (unpaired) electrons. The van der Waals surface area contributed by atoms with E-state index in [2.05, 4.69) is 21.2 Å². The number of aliphatic hydroxyl groups excluding tert-OH is 1. The van der Waals surface area contributed by atoms with E-state index in [-0.39, 0.29) is 25.2 Å². The molecule has 0 bridgehead atoms. The highest BCUT2D eigenvalue weighted by Crippen LogP contribution is 2.17. The van der Waals surface area contributed by atoms with Crippen LogP contribution in [0.3, 0.4) is 0 Å². The molecule has 0 saturated heterocycles. The molecule has 0 aromatic heterocycles. The number of ether oxygens (including phenoxy) is 1. The molecule has 0 aliphatic rings. The molecule has 5 heteroatoms. The second-order valence-electron chi connectivity index (χ2n) is 3.93. The molecule has 0 fully saturated rings. The van der Waals surface area contributed by atoms with Crippen LogP contribution in [0.15, 0.2) is 28.7 Å². The smallest absolute Gasteiger partial charge is 0.258 e. The molecule has 1 atom stereocenters. The molecule has 0 aliphatic carbocycles. The second kappa shape index (κ2) is 8.11. The second-order valence-corrected chi connectivity index (χ2v) is 4.85. The van der Waals surface area contributed by atoms with Crippen LogP contribution < -0.4 is 10.1 Å². The van der Waals surface area contributed by atoms with Crippen molar-refractivity contribution in [2.45, 2.75) is 25.8 Å². The van der Waals surface area contributed by atoms with E-state index in [1.54, 1.807) is 12.1 Å². The molecule has 0 saturated carbocycles. The molecule has 1 unspecified atom stereocenters. The molecule has 2 N–H and O–H groups in total. The standard InChI is InChI=1S/C13H18BrNO3/c1-2-11(6-7-16)15-13(17)9-18-12-5-3-4-10(14)8-12/h3-5,8,11,16H,2,6-7,9H2,1H3,(H,15,17). The van der Waals surface area contributed by atoms with Crippen LogP contribution in [-0.2, 0) is 4.79 Å². The van der Waals surface area contributed by atoms with Crippen molar-refractivity contribution in [3.63, 3.8) is 0 Å². The fourth-order valence-corrected chi connectivity index (χ4v) is 1.89. The van der Waals surface area contributed by atoms with Crippen molar-refractivity contribution < 1.29 is 14.6 Å². The summed E-state index contributed by atoms with van der Waals surface area (Å²) in [4.78, 5) is 11.6. The number of amides is 1. The Morgan fingerprint density at radius 3 is 2.94 bits per heavy atom. The Bertz CT molecular complexity index is 384. The minimum absolute atomic E-state index is 0.00797. The summed E-state index contributed by atoms with van der Waals surface area (Å²) in [5.41, 5.74) is 0. The number of carbonyl (C=O) groups excluding carboxylic acids is 1. The molecule has 1 rings (SSSR count). The van der Waals surface area contributed by atoms with Crippen LogP contribution >= 0.6 is 15.9 Å². The zero-order valence-electron chi connectivity index (χ0n) is 10.4. The zero-order chi connectivity index (χ0) is 13.4. The SMILES string of the molecule is CCC(CCO)NC(=O)COc1cccc(Br)c1. The number of hydrogen-bond donors (Lipinski definition) is 2. The molecule has 0 spiro atoms. The Labute approximate surface area is 115 Å². The maximum absolute atomic E-state index is 11.6. The van der Waals surface area contributed by atoms with Gasteiger partial charge >= 0.3 is 0 Å². The predicted octanol–water partition coefficient (Wildman–Crippen LogP) is 2.11. The van der Waals surface area contributed by atoms with Crippen molar-refractivity contribution in [3.8, 4) is 5.75 Å². The van der Waals surface area contributed by atoms with Gasteiger partial charge in [-0.2, -0.15) is 0 Å². The lowest BCUT2D eigenvalue weighted by Gasteiger charge is -2.15. The molecule has 0 aliphatic heterocycles. The number of rotatable bonds is 7. The van der Waals surface area contributed by atoms with Crippen molar-refractivity contribution in [3.05, 3.63) is 28.7 Å². The third-order valence-corrected chi connectivity index (χ3v) is 2.99. The molecule has 1 amide bonds. The quantitative estimate of drug-likeness (QED) is 0.810. The first-order valence-electron chi connectivity index (χ1n) is 5.94. The van der Waals surface area contributed by atoms with Crippen LogP contribution in [0.5, 0.6) is 5.75 Å².